The Labute approximate surface area is 98.5 Å². The number of esters is 1. The third-order valence-corrected chi connectivity index (χ3v) is 2.35. The molecule has 16 heavy (non-hydrogen) atoms. The number of ketones is 1. The molecule has 0 atom stereocenters. The Kier molecular flexibility index (Phi) is 4.46. The average Bonchev–Trinajstić information content (AvgIpc) is 2.28. The highest BCUT2D eigenvalue weighted by Crippen LogP contribution is 2.19. The third kappa shape index (κ3) is 2.81. The smallest absolute Gasteiger partial charge is 0.339 e. The van der Waals surface area contributed by atoms with Gasteiger partial charge in [-0.1, -0.05) is 17.7 Å². The molecule has 1 aromatic carbocycles. The molecule has 0 unspecified atom stereocenters. The molecule has 1 N–H and O–H groups in total. The van der Waals surface area contributed by atoms with E-state index >= 15 is 0 Å². The van der Waals surface area contributed by atoms with Crippen molar-refractivity contribution in [3.8, 4) is 0 Å². The molecule has 0 aliphatic heterocycles. The van der Waals surface area contributed by atoms with E-state index in [-0.39, 0.29) is 22.9 Å². The molecule has 0 fully saturated rings. The summed E-state index contributed by atoms with van der Waals surface area (Å²) in [6.45, 7) is 0.230. The predicted octanol–water partition coefficient (Wildman–Crippen LogP) is 1.53. The summed E-state index contributed by atoms with van der Waals surface area (Å²) in [6, 6.07) is 4.50. The Morgan fingerprint density at radius 3 is 2.62 bits per heavy atom. The number of nitrogens with one attached hydrogen (secondary N) is 1. The molecule has 0 aliphatic rings. The predicted molar refractivity (Wildman–Crippen MR) is 61.0 cm³/mol. The van der Waals surface area contributed by atoms with Crippen LogP contribution in [0.15, 0.2) is 18.2 Å². The van der Waals surface area contributed by atoms with Gasteiger partial charge < -0.3 is 10.1 Å². The van der Waals surface area contributed by atoms with Gasteiger partial charge >= 0.3 is 5.97 Å². The first-order chi connectivity index (χ1) is 7.60. The van der Waals surface area contributed by atoms with Crippen molar-refractivity contribution in [2.45, 2.75) is 0 Å². The summed E-state index contributed by atoms with van der Waals surface area (Å²) in [4.78, 5) is 22.7. The van der Waals surface area contributed by atoms with Crippen LogP contribution in [0.5, 0.6) is 0 Å². The Morgan fingerprint density at radius 2 is 2.12 bits per heavy atom. The van der Waals surface area contributed by atoms with Crippen molar-refractivity contribution in [2.24, 2.45) is 0 Å². The molecule has 0 spiro atoms. The lowest BCUT2D eigenvalue weighted by Gasteiger charge is -2.04. The molecule has 0 saturated heterocycles. The number of hydrogen-bond acceptors (Lipinski definition) is 4. The Bertz CT molecular complexity index is 418. The van der Waals surface area contributed by atoms with Crippen LogP contribution in [-0.4, -0.2) is 32.5 Å². The molecule has 0 bridgehead atoms. The molecule has 1 aromatic rings. The summed E-state index contributed by atoms with van der Waals surface area (Å²) in [5.74, 6) is -0.599. The number of carbonyl (C=O) groups is 2. The van der Waals surface area contributed by atoms with Crippen molar-refractivity contribution >= 4 is 23.4 Å². The zero-order valence-corrected chi connectivity index (χ0v) is 9.80. The third-order valence-electron chi connectivity index (χ3n) is 2.03. The molecule has 0 heterocycles. The maximum absolute atomic E-state index is 11.5. The van der Waals surface area contributed by atoms with Crippen molar-refractivity contribution in [2.75, 3.05) is 20.7 Å². The van der Waals surface area contributed by atoms with Crippen LogP contribution >= 0.6 is 11.6 Å². The van der Waals surface area contributed by atoms with Crippen LogP contribution in [-0.2, 0) is 4.74 Å². The first kappa shape index (κ1) is 12.7. The number of methoxy groups -OCH3 is 1. The zero-order valence-electron chi connectivity index (χ0n) is 9.04. The Morgan fingerprint density at radius 1 is 1.44 bits per heavy atom. The van der Waals surface area contributed by atoms with E-state index in [4.69, 9.17) is 11.6 Å². The van der Waals surface area contributed by atoms with Crippen LogP contribution in [0.3, 0.4) is 0 Å². The maximum atomic E-state index is 11.5. The largest absolute Gasteiger partial charge is 0.465 e. The average molecular weight is 242 g/mol. The van der Waals surface area contributed by atoms with Crippen LogP contribution in [0.25, 0.3) is 0 Å². The molecule has 0 aliphatic carbocycles. The van der Waals surface area contributed by atoms with Crippen molar-refractivity contribution in [1.29, 1.82) is 0 Å². The normalized spacial score (nSPS) is 9.94. The van der Waals surface area contributed by atoms with Gasteiger partial charge in [0, 0.05) is 5.56 Å². The lowest BCUT2D eigenvalue weighted by atomic mass is 10.1. The minimum Gasteiger partial charge on any atom is -0.465 e. The SMILES string of the molecule is CNCC(=O)c1ccc(C(=O)OC)c(Cl)c1. The summed E-state index contributed by atoms with van der Waals surface area (Å²) in [6.07, 6.45) is 0. The highest BCUT2D eigenvalue weighted by Gasteiger charge is 2.13. The van der Waals surface area contributed by atoms with Crippen LogP contribution in [0.4, 0.5) is 0 Å². The number of rotatable bonds is 4. The number of Topliss-reactive ketones (excluding diaryl/α,β-unsaturated/α-hetero) is 1. The van der Waals surface area contributed by atoms with Gasteiger partial charge in [0.15, 0.2) is 5.78 Å². The van der Waals surface area contributed by atoms with Crippen molar-refractivity contribution in [3.05, 3.63) is 34.3 Å². The molecule has 0 amide bonds. The molecule has 0 aromatic heterocycles. The second-order valence-electron chi connectivity index (χ2n) is 3.14. The van der Waals surface area contributed by atoms with E-state index in [2.05, 4.69) is 10.1 Å². The van der Waals surface area contributed by atoms with Crippen LogP contribution in [0.2, 0.25) is 5.02 Å². The lowest BCUT2D eigenvalue weighted by Crippen LogP contribution is -2.18. The molecule has 0 saturated carbocycles. The first-order valence-electron chi connectivity index (χ1n) is 4.65. The van der Waals surface area contributed by atoms with E-state index in [9.17, 15) is 9.59 Å². The summed E-state index contributed by atoms with van der Waals surface area (Å²) in [5.41, 5.74) is 0.720. The van der Waals surface area contributed by atoms with E-state index in [0.717, 1.165) is 0 Å². The van der Waals surface area contributed by atoms with E-state index in [1.54, 1.807) is 13.1 Å². The van der Waals surface area contributed by atoms with Gasteiger partial charge in [-0.3, -0.25) is 4.79 Å². The fraction of sp³-hybridized carbons (Fsp3) is 0.273. The number of ether oxygens (including phenoxy) is 1. The topological polar surface area (TPSA) is 55.4 Å². The van der Waals surface area contributed by atoms with Gasteiger partial charge in [0.05, 0.1) is 24.2 Å². The fourth-order valence-corrected chi connectivity index (χ4v) is 1.48. The Hall–Kier alpha value is -1.39. The highest BCUT2D eigenvalue weighted by molar-refractivity contribution is 6.34. The first-order valence-corrected chi connectivity index (χ1v) is 5.03. The molecule has 1 rings (SSSR count). The van der Waals surface area contributed by atoms with Crippen LogP contribution in [0, 0.1) is 0 Å². The molecule has 5 heteroatoms. The van der Waals surface area contributed by atoms with Gasteiger partial charge in [-0.2, -0.15) is 0 Å². The van der Waals surface area contributed by atoms with E-state index in [1.807, 2.05) is 0 Å². The van der Waals surface area contributed by atoms with Gasteiger partial charge in [-0.05, 0) is 19.2 Å². The van der Waals surface area contributed by atoms with Crippen LogP contribution < -0.4 is 5.32 Å². The monoisotopic (exact) mass is 241 g/mol. The van der Waals surface area contributed by atoms with E-state index < -0.39 is 5.97 Å². The molecule has 4 nitrogen and oxygen atoms in total. The van der Waals surface area contributed by atoms with Crippen molar-refractivity contribution in [3.63, 3.8) is 0 Å². The summed E-state index contributed by atoms with van der Waals surface area (Å²) in [7, 11) is 2.96. The van der Waals surface area contributed by atoms with Crippen molar-refractivity contribution < 1.29 is 14.3 Å². The van der Waals surface area contributed by atoms with E-state index in [0.29, 0.717) is 5.56 Å². The molecule has 0 radical (unpaired) electrons. The quantitative estimate of drug-likeness (QED) is 0.642. The number of carbonyl (C=O) groups excluding carboxylic acids is 2. The van der Waals surface area contributed by atoms with Crippen molar-refractivity contribution in [1.82, 2.24) is 5.32 Å². The number of halogens is 1. The lowest BCUT2D eigenvalue weighted by molar-refractivity contribution is 0.0600. The standard InChI is InChI=1S/C11H12ClNO3/c1-13-6-10(14)7-3-4-8(9(12)5-7)11(15)16-2/h3-5,13H,6H2,1-2H3. The maximum Gasteiger partial charge on any atom is 0.339 e. The second kappa shape index (κ2) is 5.63. The number of likely N-dealkylation sites (N-methyl/N-ethyl adjacent to an activating group) is 1. The molecular weight excluding hydrogens is 230 g/mol. The minimum atomic E-state index is -0.516. The Balaban J connectivity index is 2.99. The summed E-state index contributed by atoms with van der Waals surface area (Å²) in [5, 5.41) is 2.97. The van der Waals surface area contributed by atoms with Gasteiger partial charge in [0.25, 0.3) is 0 Å². The number of benzene rings is 1. The summed E-state index contributed by atoms with van der Waals surface area (Å²) < 4.78 is 4.54. The van der Waals surface area contributed by atoms with Crippen LogP contribution in [0.1, 0.15) is 20.7 Å². The molecular formula is C11H12ClNO3. The highest BCUT2D eigenvalue weighted by atomic mass is 35.5. The summed E-state index contributed by atoms with van der Waals surface area (Å²) >= 11 is 5.87. The second-order valence-corrected chi connectivity index (χ2v) is 3.55. The van der Waals surface area contributed by atoms with Gasteiger partial charge in [0.2, 0.25) is 0 Å². The van der Waals surface area contributed by atoms with Gasteiger partial charge in [0.1, 0.15) is 0 Å². The fourth-order valence-electron chi connectivity index (χ4n) is 1.23. The van der Waals surface area contributed by atoms with Gasteiger partial charge in [-0.15, -0.1) is 0 Å². The van der Waals surface area contributed by atoms with Gasteiger partial charge in [-0.25, -0.2) is 4.79 Å². The zero-order chi connectivity index (χ0) is 12.1. The van der Waals surface area contributed by atoms with E-state index in [1.165, 1.54) is 19.2 Å². The minimum absolute atomic E-state index is 0.0826. The molecule has 86 valence electrons. The number of hydrogen-bond donors (Lipinski definition) is 1.